The van der Waals surface area contributed by atoms with Crippen molar-refractivity contribution in [2.24, 2.45) is 0 Å². The van der Waals surface area contributed by atoms with E-state index in [1.807, 2.05) is 30.0 Å². The molecule has 0 aromatic heterocycles. The Morgan fingerprint density at radius 2 is 1.90 bits per heavy atom. The first-order chi connectivity index (χ1) is 10.1. The van der Waals surface area contributed by atoms with Crippen LogP contribution in [0.3, 0.4) is 0 Å². The van der Waals surface area contributed by atoms with Gasteiger partial charge in [0.1, 0.15) is 11.8 Å². The summed E-state index contributed by atoms with van der Waals surface area (Å²) in [7, 11) is 1.64. The number of anilines is 1. The highest BCUT2D eigenvalue weighted by molar-refractivity contribution is 9.10. The number of rotatable bonds is 4. The van der Waals surface area contributed by atoms with Crippen LogP contribution in [0.4, 0.5) is 5.69 Å². The van der Waals surface area contributed by atoms with Gasteiger partial charge in [-0.1, -0.05) is 28.8 Å². The summed E-state index contributed by atoms with van der Waals surface area (Å²) >= 11 is 3.45. The second-order valence-electron chi connectivity index (χ2n) is 5.49. The van der Waals surface area contributed by atoms with Crippen molar-refractivity contribution < 1.29 is 9.53 Å². The topological polar surface area (TPSA) is 41.6 Å². The third kappa shape index (κ3) is 4.63. The van der Waals surface area contributed by atoms with Crippen LogP contribution < -0.4 is 10.1 Å². The zero-order valence-corrected chi connectivity index (χ0v) is 14.3. The van der Waals surface area contributed by atoms with Gasteiger partial charge in [-0.15, -0.1) is 0 Å². The molecule has 4 nitrogen and oxygen atoms in total. The van der Waals surface area contributed by atoms with Crippen LogP contribution in [-0.4, -0.2) is 37.0 Å². The van der Waals surface area contributed by atoms with Crippen molar-refractivity contribution in [1.82, 2.24) is 4.90 Å². The van der Waals surface area contributed by atoms with Crippen molar-refractivity contribution in [3.63, 3.8) is 0 Å². The van der Waals surface area contributed by atoms with Gasteiger partial charge in [-0.2, -0.15) is 0 Å². The van der Waals surface area contributed by atoms with Crippen LogP contribution in [0.15, 0.2) is 22.7 Å². The first-order valence-corrected chi connectivity index (χ1v) is 8.29. The largest absolute Gasteiger partial charge is 0.497 e. The molecule has 1 aromatic carbocycles. The number of carbonyl (C=O) groups is 1. The Kier molecular flexibility index (Phi) is 5.91. The molecule has 1 fully saturated rings. The number of hydrogen-bond acceptors (Lipinski definition) is 3. The Morgan fingerprint density at radius 1 is 1.24 bits per heavy atom. The molecule has 5 heteroatoms. The molecule has 1 heterocycles. The summed E-state index contributed by atoms with van der Waals surface area (Å²) in [5.74, 6) is 0.942. The van der Waals surface area contributed by atoms with Crippen molar-refractivity contribution in [2.75, 3.05) is 25.5 Å². The maximum absolute atomic E-state index is 12.5. The molecule has 1 amide bonds. The molecule has 21 heavy (non-hydrogen) atoms. The lowest BCUT2D eigenvalue weighted by atomic mass is 10.2. The van der Waals surface area contributed by atoms with Gasteiger partial charge in [0, 0.05) is 29.3 Å². The average Bonchev–Trinajstić information content (AvgIpc) is 2.74. The van der Waals surface area contributed by atoms with Crippen molar-refractivity contribution in [1.29, 1.82) is 0 Å². The Morgan fingerprint density at radius 3 is 2.52 bits per heavy atom. The monoisotopic (exact) mass is 354 g/mol. The number of likely N-dealkylation sites (tertiary alicyclic amines) is 1. The molecule has 0 spiro atoms. The van der Waals surface area contributed by atoms with Crippen LogP contribution in [0.25, 0.3) is 0 Å². The normalized spacial score (nSPS) is 17.0. The quantitative estimate of drug-likeness (QED) is 0.896. The molecule has 1 atom stereocenters. The number of amides is 1. The Labute approximate surface area is 135 Å². The van der Waals surface area contributed by atoms with E-state index in [0.717, 1.165) is 41.8 Å². The molecule has 1 N–H and O–H groups in total. The van der Waals surface area contributed by atoms with Crippen LogP contribution in [-0.2, 0) is 4.79 Å². The third-order valence-electron chi connectivity index (χ3n) is 3.78. The smallest absolute Gasteiger partial charge is 0.244 e. The minimum atomic E-state index is -0.234. The maximum Gasteiger partial charge on any atom is 0.244 e. The van der Waals surface area contributed by atoms with Gasteiger partial charge in [0.15, 0.2) is 0 Å². The van der Waals surface area contributed by atoms with Gasteiger partial charge in [-0.05, 0) is 31.9 Å². The lowest BCUT2D eigenvalue weighted by Gasteiger charge is -2.25. The van der Waals surface area contributed by atoms with E-state index in [4.69, 9.17) is 4.74 Å². The summed E-state index contributed by atoms with van der Waals surface area (Å²) < 4.78 is 6.17. The first kappa shape index (κ1) is 16.1. The minimum Gasteiger partial charge on any atom is -0.497 e. The van der Waals surface area contributed by atoms with Gasteiger partial charge in [0.05, 0.1) is 7.11 Å². The Bertz CT molecular complexity index is 485. The second kappa shape index (κ2) is 7.69. The van der Waals surface area contributed by atoms with Crippen LogP contribution in [0, 0.1) is 0 Å². The molecule has 1 unspecified atom stereocenters. The third-order valence-corrected chi connectivity index (χ3v) is 4.24. The van der Waals surface area contributed by atoms with Crippen LogP contribution in [0.5, 0.6) is 5.75 Å². The van der Waals surface area contributed by atoms with Gasteiger partial charge in [-0.25, -0.2) is 0 Å². The number of methoxy groups -OCH3 is 1. The summed E-state index contributed by atoms with van der Waals surface area (Å²) in [5, 5.41) is 3.27. The predicted octanol–water partition coefficient (Wildman–Crippen LogP) is 3.66. The summed E-state index contributed by atoms with van der Waals surface area (Å²) in [6.07, 6.45) is 4.69. The molecule has 0 aliphatic carbocycles. The van der Waals surface area contributed by atoms with E-state index in [9.17, 15) is 4.79 Å². The summed E-state index contributed by atoms with van der Waals surface area (Å²) in [4.78, 5) is 14.5. The fourth-order valence-electron chi connectivity index (χ4n) is 2.64. The van der Waals surface area contributed by atoms with Crippen molar-refractivity contribution in [2.45, 2.75) is 38.6 Å². The zero-order valence-electron chi connectivity index (χ0n) is 12.7. The summed E-state index contributed by atoms with van der Waals surface area (Å²) in [6.45, 7) is 3.68. The fourth-order valence-corrected chi connectivity index (χ4v) is 3.11. The Hall–Kier alpha value is -1.23. The molecule has 2 rings (SSSR count). The summed E-state index contributed by atoms with van der Waals surface area (Å²) in [6, 6.07) is 5.51. The van der Waals surface area contributed by atoms with Crippen LogP contribution in [0.2, 0.25) is 0 Å². The molecule has 0 radical (unpaired) electrons. The van der Waals surface area contributed by atoms with E-state index in [0.29, 0.717) is 0 Å². The highest BCUT2D eigenvalue weighted by Crippen LogP contribution is 2.25. The van der Waals surface area contributed by atoms with E-state index in [1.165, 1.54) is 12.8 Å². The number of carbonyl (C=O) groups excluding carboxylic acids is 1. The fraction of sp³-hybridized carbons (Fsp3) is 0.562. The van der Waals surface area contributed by atoms with Gasteiger partial charge in [0.2, 0.25) is 5.91 Å². The van der Waals surface area contributed by atoms with Gasteiger partial charge in [0.25, 0.3) is 0 Å². The highest BCUT2D eigenvalue weighted by Gasteiger charge is 2.21. The standard InChI is InChI=1S/C16H23BrN2O2/c1-12(16(20)19-7-5-3-4-6-8-19)18-14-9-13(17)10-15(11-14)21-2/h9-12,18H,3-8H2,1-2H3. The predicted molar refractivity (Wildman–Crippen MR) is 88.8 cm³/mol. The van der Waals surface area contributed by atoms with E-state index < -0.39 is 0 Å². The number of ether oxygens (including phenoxy) is 1. The van der Waals surface area contributed by atoms with Crippen LogP contribution >= 0.6 is 15.9 Å². The van der Waals surface area contributed by atoms with Crippen molar-refractivity contribution in [3.05, 3.63) is 22.7 Å². The average molecular weight is 355 g/mol. The SMILES string of the molecule is COc1cc(Br)cc(NC(C)C(=O)N2CCCCCC2)c1. The number of nitrogens with zero attached hydrogens (tertiary/aromatic N) is 1. The molecular weight excluding hydrogens is 332 g/mol. The first-order valence-electron chi connectivity index (χ1n) is 7.50. The lowest BCUT2D eigenvalue weighted by molar-refractivity contribution is -0.131. The zero-order chi connectivity index (χ0) is 15.2. The van der Waals surface area contributed by atoms with Gasteiger partial charge in [-0.3, -0.25) is 4.79 Å². The number of halogens is 1. The minimum absolute atomic E-state index is 0.177. The number of benzene rings is 1. The number of hydrogen-bond donors (Lipinski definition) is 1. The molecule has 0 saturated carbocycles. The summed E-state index contributed by atoms with van der Waals surface area (Å²) in [5.41, 5.74) is 0.886. The second-order valence-corrected chi connectivity index (χ2v) is 6.40. The molecule has 1 aliphatic rings. The molecule has 116 valence electrons. The number of nitrogens with one attached hydrogen (secondary N) is 1. The lowest BCUT2D eigenvalue weighted by Crippen LogP contribution is -2.41. The van der Waals surface area contributed by atoms with E-state index in [1.54, 1.807) is 7.11 Å². The van der Waals surface area contributed by atoms with Crippen LogP contribution in [0.1, 0.15) is 32.6 Å². The Balaban J connectivity index is 2.01. The van der Waals surface area contributed by atoms with Gasteiger partial charge >= 0.3 is 0 Å². The van der Waals surface area contributed by atoms with E-state index >= 15 is 0 Å². The van der Waals surface area contributed by atoms with Crippen molar-refractivity contribution >= 4 is 27.5 Å². The van der Waals surface area contributed by atoms with Gasteiger partial charge < -0.3 is 15.0 Å². The van der Waals surface area contributed by atoms with E-state index in [2.05, 4.69) is 21.2 Å². The molecule has 1 aromatic rings. The molecule has 1 saturated heterocycles. The molecule has 1 aliphatic heterocycles. The van der Waals surface area contributed by atoms with E-state index in [-0.39, 0.29) is 11.9 Å². The molecular formula is C16H23BrN2O2. The molecule has 0 bridgehead atoms. The van der Waals surface area contributed by atoms with Crippen molar-refractivity contribution in [3.8, 4) is 5.75 Å². The highest BCUT2D eigenvalue weighted by atomic mass is 79.9. The maximum atomic E-state index is 12.5.